The summed E-state index contributed by atoms with van der Waals surface area (Å²) in [6, 6.07) is 19.0. The molecule has 2 atom stereocenters. The van der Waals surface area contributed by atoms with Crippen LogP contribution in [0.25, 0.3) is 0 Å². The number of hydrogen-bond acceptors (Lipinski definition) is 4. The summed E-state index contributed by atoms with van der Waals surface area (Å²) in [4.78, 5) is 2.47. The van der Waals surface area contributed by atoms with Crippen molar-refractivity contribution >= 4 is 0 Å². The van der Waals surface area contributed by atoms with Crippen LogP contribution in [0.4, 0.5) is 0 Å². The number of nitrogens with zero attached hydrogens (tertiary/aromatic N) is 1. The topological polar surface area (TPSA) is 47.7 Å². The predicted molar refractivity (Wildman–Crippen MR) is 100 cm³/mol. The van der Waals surface area contributed by atoms with Crippen LogP contribution < -0.4 is 10.5 Å². The van der Waals surface area contributed by atoms with Crippen molar-refractivity contribution in [3.63, 3.8) is 0 Å². The van der Waals surface area contributed by atoms with Crippen molar-refractivity contribution in [3.05, 3.63) is 65.7 Å². The van der Waals surface area contributed by atoms with Crippen molar-refractivity contribution in [2.75, 3.05) is 20.2 Å². The van der Waals surface area contributed by atoms with Crippen LogP contribution >= 0.6 is 0 Å². The first-order chi connectivity index (χ1) is 12.3. The molecule has 0 aromatic heterocycles. The van der Waals surface area contributed by atoms with E-state index in [9.17, 15) is 0 Å². The van der Waals surface area contributed by atoms with Crippen molar-refractivity contribution in [2.45, 2.75) is 38.1 Å². The number of nitrogens with two attached hydrogens (primary N) is 1. The van der Waals surface area contributed by atoms with Crippen LogP contribution in [0, 0.1) is 0 Å². The average Bonchev–Trinajstić information content (AvgIpc) is 2.68. The minimum Gasteiger partial charge on any atom is -0.489 e. The maximum absolute atomic E-state index is 5.97. The lowest BCUT2D eigenvalue weighted by molar-refractivity contribution is 0.0102. The maximum Gasteiger partial charge on any atom is 0.119 e. The third-order valence-corrected chi connectivity index (χ3v) is 4.95. The molecule has 2 aromatic carbocycles. The second-order valence-electron chi connectivity index (χ2n) is 6.66. The highest BCUT2D eigenvalue weighted by atomic mass is 16.5. The van der Waals surface area contributed by atoms with E-state index in [1.165, 1.54) is 11.1 Å². The molecule has 2 aromatic rings. The molecular formula is C21H28N2O2. The van der Waals surface area contributed by atoms with E-state index in [2.05, 4.69) is 41.3 Å². The van der Waals surface area contributed by atoms with Crippen molar-refractivity contribution < 1.29 is 9.47 Å². The summed E-state index contributed by atoms with van der Waals surface area (Å²) in [6.45, 7) is 3.24. The zero-order valence-electron chi connectivity index (χ0n) is 14.9. The van der Waals surface area contributed by atoms with E-state index in [4.69, 9.17) is 15.2 Å². The second kappa shape index (κ2) is 8.99. The van der Waals surface area contributed by atoms with Crippen LogP contribution in [0.2, 0.25) is 0 Å². The fourth-order valence-electron chi connectivity index (χ4n) is 3.40. The molecule has 0 bridgehead atoms. The SMILES string of the molecule is COC1CCN(Cc2ccc(OCc3ccccc3)cc2)C(CN)C1. The number of methoxy groups -OCH3 is 1. The molecular weight excluding hydrogens is 312 g/mol. The van der Waals surface area contributed by atoms with Crippen LogP contribution in [-0.4, -0.2) is 37.2 Å². The molecule has 3 rings (SSSR count). The van der Waals surface area contributed by atoms with Gasteiger partial charge in [0.1, 0.15) is 12.4 Å². The normalized spacial score (nSPS) is 21.2. The number of hydrogen-bond donors (Lipinski definition) is 1. The summed E-state index contributed by atoms with van der Waals surface area (Å²) < 4.78 is 11.4. The lowest BCUT2D eigenvalue weighted by Crippen LogP contribution is -2.47. The number of rotatable bonds is 7. The van der Waals surface area contributed by atoms with Crippen molar-refractivity contribution in [2.24, 2.45) is 5.73 Å². The largest absolute Gasteiger partial charge is 0.489 e. The Kier molecular flexibility index (Phi) is 6.45. The van der Waals surface area contributed by atoms with E-state index in [0.717, 1.165) is 31.7 Å². The lowest BCUT2D eigenvalue weighted by Gasteiger charge is -2.38. The molecule has 4 nitrogen and oxygen atoms in total. The van der Waals surface area contributed by atoms with Gasteiger partial charge in [-0.1, -0.05) is 42.5 Å². The highest BCUT2D eigenvalue weighted by Crippen LogP contribution is 2.22. The average molecular weight is 340 g/mol. The summed E-state index contributed by atoms with van der Waals surface area (Å²) in [5.41, 5.74) is 8.44. The van der Waals surface area contributed by atoms with Gasteiger partial charge in [-0.25, -0.2) is 0 Å². The van der Waals surface area contributed by atoms with E-state index < -0.39 is 0 Å². The molecule has 0 amide bonds. The summed E-state index contributed by atoms with van der Waals surface area (Å²) in [5.74, 6) is 0.904. The van der Waals surface area contributed by atoms with Crippen molar-refractivity contribution in [1.29, 1.82) is 0 Å². The highest BCUT2D eigenvalue weighted by Gasteiger charge is 2.27. The first kappa shape index (κ1) is 17.9. The monoisotopic (exact) mass is 340 g/mol. The first-order valence-electron chi connectivity index (χ1n) is 9.01. The Morgan fingerprint density at radius 2 is 1.80 bits per heavy atom. The molecule has 4 heteroatoms. The summed E-state index contributed by atoms with van der Waals surface area (Å²) >= 11 is 0. The van der Waals surface area contributed by atoms with Gasteiger partial charge in [-0.2, -0.15) is 0 Å². The van der Waals surface area contributed by atoms with E-state index in [1.807, 2.05) is 18.2 Å². The number of benzene rings is 2. The van der Waals surface area contributed by atoms with Crippen LogP contribution in [0.5, 0.6) is 5.75 Å². The van der Waals surface area contributed by atoms with Gasteiger partial charge in [0.05, 0.1) is 6.10 Å². The Labute approximate surface area is 150 Å². The van der Waals surface area contributed by atoms with E-state index in [-0.39, 0.29) is 0 Å². The van der Waals surface area contributed by atoms with Crippen LogP contribution in [0.1, 0.15) is 24.0 Å². The smallest absolute Gasteiger partial charge is 0.119 e. The minimum absolute atomic E-state index is 0.346. The summed E-state index contributed by atoms with van der Waals surface area (Å²) in [5, 5.41) is 0. The van der Waals surface area contributed by atoms with Crippen molar-refractivity contribution in [1.82, 2.24) is 4.90 Å². The zero-order chi connectivity index (χ0) is 17.5. The highest BCUT2D eigenvalue weighted by molar-refractivity contribution is 5.28. The third kappa shape index (κ3) is 5.05. The van der Waals surface area contributed by atoms with Gasteiger partial charge in [-0.3, -0.25) is 4.90 Å². The lowest BCUT2D eigenvalue weighted by atomic mass is 9.98. The molecule has 0 aliphatic carbocycles. The van der Waals surface area contributed by atoms with Gasteiger partial charge in [0.25, 0.3) is 0 Å². The Morgan fingerprint density at radius 3 is 2.48 bits per heavy atom. The molecule has 25 heavy (non-hydrogen) atoms. The number of likely N-dealkylation sites (tertiary alicyclic amines) is 1. The molecule has 0 saturated carbocycles. The molecule has 1 saturated heterocycles. The molecule has 1 fully saturated rings. The third-order valence-electron chi connectivity index (χ3n) is 4.95. The van der Waals surface area contributed by atoms with Gasteiger partial charge < -0.3 is 15.2 Å². The van der Waals surface area contributed by atoms with E-state index >= 15 is 0 Å². The van der Waals surface area contributed by atoms with Gasteiger partial charge >= 0.3 is 0 Å². The fraction of sp³-hybridized carbons (Fsp3) is 0.429. The molecule has 2 unspecified atom stereocenters. The number of piperidine rings is 1. The Balaban J connectivity index is 1.53. The molecule has 2 N–H and O–H groups in total. The number of ether oxygens (including phenoxy) is 2. The Bertz CT molecular complexity index is 630. The fourth-order valence-corrected chi connectivity index (χ4v) is 3.40. The molecule has 1 aliphatic rings. The van der Waals surface area contributed by atoms with Crippen LogP contribution in [-0.2, 0) is 17.9 Å². The maximum atomic E-state index is 5.97. The van der Waals surface area contributed by atoms with Crippen LogP contribution in [0.3, 0.4) is 0 Å². The predicted octanol–water partition coefficient (Wildman–Crippen LogP) is 3.20. The van der Waals surface area contributed by atoms with E-state index in [0.29, 0.717) is 25.3 Å². The first-order valence-corrected chi connectivity index (χ1v) is 9.01. The van der Waals surface area contributed by atoms with Gasteiger partial charge in [0.15, 0.2) is 0 Å². The van der Waals surface area contributed by atoms with Gasteiger partial charge in [-0.05, 0) is 36.1 Å². The van der Waals surface area contributed by atoms with Gasteiger partial charge in [0, 0.05) is 32.8 Å². The minimum atomic E-state index is 0.346. The molecule has 0 spiro atoms. The standard InChI is InChI=1S/C21H28N2O2/c1-24-21-11-12-23(19(13-21)14-22)15-17-7-9-20(10-8-17)25-16-18-5-3-2-4-6-18/h2-10,19,21H,11-16,22H2,1H3. The Hall–Kier alpha value is -1.88. The second-order valence-corrected chi connectivity index (χ2v) is 6.66. The van der Waals surface area contributed by atoms with Gasteiger partial charge in [0.2, 0.25) is 0 Å². The van der Waals surface area contributed by atoms with E-state index in [1.54, 1.807) is 7.11 Å². The quantitative estimate of drug-likeness (QED) is 0.841. The molecule has 0 radical (unpaired) electrons. The zero-order valence-corrected chi connectivity index (χ0v) is 14.9. The molecule has 1 aliphatic heterocycles. The van der Waals surface area contributed by atoms with Crippen LogP contribution in [0.15, 0.2) is 54.6 Å². The van der Waals surface area contributed by atoms with Gasteiger partial charge in [-0.15, -0.1) is 0 Å². The molecule has 134 valence electrons. The Morgan fingerprint density at radius 1 is 1.04 bits per heavy atom. The molecule has 1 heterocycles. The summed E-state index contributed by atoms with van der Waals surface area (Å²) in [6.07, 6.45) is 2.44. The van der Waals surface area contributed by atoms with Crippen molar-refractivity contribution in [3.8, 4) is 5.75 Å². The summed E-state index contributed by atoms with van der Waals surface area (Å²) in [7, 11) is 1.79.